The highest BCUT2D eigenvalue weighted by molar-refractivity contribution is 6.21. The minimum Gasteiger partial charge on any atom is -0.467 e. The van der Waals surface area contributed by atoms with Gasteiger partial charge in [0, 0.05) is 18.6 Å². The molecule has 4 rings (SSSR count). The molecule has 1 saturated heterocycles. The fraction of sp³-hybridized carbons (Fsp3) is 0.227. The second-order valence-electron chi connectivity index (χ2n) is 6.96. The van der Waals surface area contributed by atoms with Gasteiger partial charge in [0.2, 0.25) is 12.3 Å². The van der Waals surface area contributed by atoms with Crippen molar-refractivity contribution in [2.45, 2.75) is 18.9 Å². The van der Waals surface area contributed by atoms with Gasteiger partial charge in [-0.2, -0.15) is 0 Å². The number of nitrogens with zero attached hydrogens (tertiary/aromatic N) is 2. The van der Waals surface area contributed by atoms with Gasteiger partial charge in [-0.3, -0.25) is 20.2 Å². The fourth-order valence-corrected chi connectivity index (χ4v) is 3.15. The summed E-state index contributed by atoms with van der Waals surface area (Å²) in [6.45, 7) is 2.28. The molecule has 0 bridgehead atoms. The minimum absolute atomic E-state index is 0.0730. The lowest BCUT2D eigenvalue weighted by Gasteiger charge is -2.34. The van der Waals surface area contributed by atoms with E-state index >= 15 is 0 Å². The number of urea groups is 1. The quantitative estimate of drug-likeness (QED) is 0.370. The lowest BCUT2D eigenvalue weighted by molar-refractivity contribution is -0.153. The number of barbiturate groups is 1. The van der Waals surface area contributed by atoms with E-state index in [-0.39, 0.29) is 18.8 Å². The van der Waals surface area contributed by atoms with Gasteiger partial charge in [0.25, 0.3) is 17.4 Å². The summed E-state index contributed by atoms with van der Waals surface area (Å²) < 4.78 is 22.0. The van der Waals surface area contributed by atoms with Gasteiger partial charge in [0.15, 0.2) is 0 Å². The molecule has 11 nitrogen and oxygen atoms in total. The molecule has 0 aliphatic carbocycles. The zero-order chi connectivity index (χ0) is 23.3. The van der Waals surface area contributed by atoms with E-state index in [2.05, 4.69) is 20.8 Å². The monoisotopic (exact) mass is 452 g/mol. The number of imide groups is 2. The van der Waals surface area contributed by atoms with Gasteiger partial charge in [0.05, 0.1) is 6.61 Å². The maximum Gasteiger partial charge on any atom is 0.328 e. The lowest BCUT2D eigenvalue weighted by atomic mass is 9.95. The van der Waals surface area contributed by atoms with E-state index in [1.54, 1.807) is 55.5 Å². The van der Waals surface area contributed by atoms with Crippen molar-refractivity contribution in [1.29, 1.82) is 0 Å². The molecule has 170 valence electrons. The van der Waals surface area contributed by atoms with E-state index in [9.17, 15) is 14.4 Å². The summed E-state index contributed by atoms with van der Waals surface area (Å²) in [6.07, 6.45) is 1.18. The summed E-state index contributed by atoms with van der Waals surface area (Å²) >= 11 is 0. The van der Waals surface area contributed by atoms with Crippen molar-refractivity contribution in [3.8, 4) is 28.7 Å². The average molecular weight is 452 g/mol. The van der Waals surface area contributed by atoms with Crippen molar-refractivity contribution in [3.63, 3.8) is 0 Å². The molecular formula is C22H20N4O7. The number of carbonyl (C=O) groups excluding carboxylic acids is 3. The van der Waals surface area contributed by atoms with Gasteiger partial charge in [-0.05, 0) is 55.5 Å². The van der Waals surface area contributed by atoms with Crippen LogP contribution in [0.5, 0.6) is 17.2 Å². The molecule has 0 unspecified atom stereocenters. The molecule has 1 fully saturated rings. The third-order valence-corrected chi connectivity index (χ3v) is 4.80. The van der Waals surface area contributed by atoms with Crippen LogP contribution in [-0.2, 0) is 14.3 Å². The van der Waals surface area contributed by atoms with E-state index in [0.717, 1.165) is 5.56 Å². The van der Waals surface area contributed by atoms with Crippen LogP contribution in [0.3, 0.4) is 0 Å². The predicted molar refractivity (Wildman–Crippen MR) is 112 cm³/mol. The van der Waals surface area contributed by atoms with E-state index in [1.165, 1.54) is 6.39 Å². The third kappa shape index (κ3) is 4.83. The first-order valence-corrected chi connectivity index (χ1v) is 10.1. The summed E-state index contributed by atoms with van der Waals surface area (Å²) in [5.74, 6) is 0.0212. The van der Waals surface area contributed by atoms with Gasteiger partial charge < -0.3 is 18.6 Å². The number of carbonyl (C=O) groups is 3. The highest BCUT2D eigenvalue weighted by Crippen LogP contribution is 2.29. The molecule has 3 aromatic rings. The lowest BCUT2D eigenvalue weighted by Crippen LogP contribution is -2.69. The number of benzene rings is 2. The second-order valence-corrected chi connectivity index (χ2v) is 6.96. The van der Waals surface area contributed by atoms with Crippen LogP contribution in [0.2, 0.25) is 0 Å². The maximum absolute atomic E-state index is 12.5. The van der Waals surface area contributed by atoms with Crippen molar-refractivity contribution >= 4 is 17.8 Å². The Kier molecular flexibility index (Phi) is 6.31. The van der Waals surface area contributed by atoms with Crippen LogP contribution >= 0.6 is 0 Å². The molecule has 2 N–H and O–H groups in total. The molecule has 0 radical (unpaired) electrons. The Morgan fingerprint density at radius 2 is 1.52 bits per heavy atom. The van der Waals surface area contributed by atoms with Crippen molar-refractivity contribution in [1.82, 2.24) is 20.8 Å². The van der Waals surface area contributed by atoms with Crippen LogP contribution in [0.4, 0.5) is 4.79 Å². The molecule has 4 amide bonds. The van der Waals surface area contributed by atoms with Gasteiger partial charge in [0.1, 0.15) is 17.2 Å². The number of nitrogens with one attached hydrogen (secondary N) is 2. The summed E-state index contributed by atoms with van der Waals surface area (Å²) in [7, 11) is 0. The first kappa shape index (κ1) is 22.0. The van der Waals surface area contributed by atoms with Crippen LogP contribution in [0.25, 0.3) is 11.5 Å². The van der Waals surface area contributed by atoms with Crippen LogP contribution in [0.1, 0.15) is 13.3 Å². The topological polar surface area (TPSA) is 142 Å². The molecule has 0 saturated carbocycles. The number of ether oxygens (including phenoxy) is 3. The first-order chi connectivity index (χ1) is 16.0. The maximum atomic E-state index is 12.5. The summed E-state index contributed by atoms with van der Waals surface area (Å²) in [5, 5.41) is 11.6. The first-order valence-electron chi connectivity index (χ1n) is 10.1. The molecule has 0 atom stereocenters. The zero-order valence-corrected chi connectivity index (χ0v) is 17.6. The van der Waals surface area contributed by atoms with Crippen LogP contribution in [-0.4, -0.2) is 46.9 Å². The van der Waals surface area contributed by atoms with Gasteiger partial charge in [-0.25, -0.2) is 4.79 Å². The molecular weight excluding hydrogens is 432 g/mol. The average Bonchev–Trinajstić information content (AvgIpc) is 3.34. The summed E-state index contributed by atoms with van der Waals surface area (Å²) in [4.78, 5) is 36.6. The molecule has 1 aromatic heterocycles. The van der Waals surface area contributed by atoms with Crippen molar-refractivity contribution in [3.05, 3.63) is 54.9 Å². The predicted octanol–water partition coefficient (Wildman–Crippen LogP) is 2.44. The Balaban J connectivity index is 1.46. The zero-order valence-electron chi connectivity index (χ0n) is 17.6. The normalized spacial score (nSPS) is 15.0. The van der Waals surface area contributed by atoms with E-state index in [0.29, 0.717) is 24.0 Å². The Labute approximate surface area is 188 Å². The summed E-state index contributed by atoms with van der Waals surface area (Å²) in [5.41, 5.74) is -1.18. The molecule has 33 heavy (non-hydrogen) atoms. The van der Waals surface area contributed by atoms with Crippen molar-refractivity contribution in [2.75, 3.05) is 13.2 Å². The molecule has 2 heterocycles. The number of hydrogen-bond donors (Lipinski definition) is 2. The van der Waals surface area contributed by atoms with Crippen molar-refractivity contribution in [2.24, 2.45) is 0 Å². The molecule has 1 aliphatic heterocycles. The second kappa shape index (κ2) is 9.49. The molecule has 0 spiro atoms. The number of hydrogen-bond acceptors (Lipinski definition) is 9. The highest BCUT2D eigenvalue weighted by Gasteiger charge is 2.52. The Hall–Kier alpha value is -4.25. The fourth-order valence-electron chi connectivity index (χ4n) is 3.15. The minimum atomic E-state index is -1.93. The van der Waals surface area contributed by atoms with Gasteiger partial charge in [-0.1, -0.05) is 0 Å². The SMILES string of the molecule is CCOCCC1(Oc2ccc(Oc3ccc(-c4nnco4)cc3)cc2)C(=O)NC(=O)NC1=O. The van der Waals surface area contributed by atoms with Crippen LogP contribution in [0, 0.1) is 0 Å². The van der Waals surface area contributed by atoms with E-state index in [4.69, 9.17) is 18.6 Å². The number of rotatable bonds is 9. The van der Waals surface area contributed by atoms with Crippen LogP contribution < -0.4 is 20.1 Å². The highest BCUT2D eigenvalue weighted by atomic mass is 16.5. The molecule has 2 aromatic carbocycles. The third-order valence-electron chi connectivity index (χ3n) is 4.80. The molecule has 1 aliphatic rings. The van der Waals surface area contributed by atoms with E-state index in [1.807, 2.05) is 0 Å². The Morgan fingerprint density at radius 3 is 2.09 bits per heavy atom. The smallest absolute Gasteiger partial charge is 0.328 e. The number of aromatic nitrogens is 2. The standard InChI is InChI=1S/C22H20N4O7/c1-2-30-12-11-22(19(27)24-21(29)25-20(22)28)33-17-9-7-16(8-10-17)32-15-5-3-14(4-6-15)18-26-23-13-31-18/h3-10,13H,2,11-12H2,1H3,(H2,24,25,27,28,29). The Morgan fingerprint density at radius 1 is 0.909 bits per heavy atom. The largest absolute Gasteiger partial charge is 0.467 e. The van der Waals surface area contributed by atoms with Gasteiger partial charge >= 0.3 is 6.03 Å². The summed E-state index contributed by atoms with van der Waals surface area (Å²) in [6, 6.07) is 12.5. The van der Waals surface area contributed by atoms with E-state index < -0.39 is 23.4 Å². The van der Waals surface area contributed by atoms with Crippen LogP contribution in [0.15, 0.2) is 59.3 Å². The Bertz CT molecular complexity index is 1110. The number of amides is 4. The van der Waals surface area contributed by atoms with Crippen molar-refractivity contribution < 1.29 is 33.0 Å². The molecule has 11 heteroatoms. The van der Waals surface area contributed by atoms with Gasteiger partial charge in [-0.15, -0.1) is 10.2 Å².